The van der Waals surface area contributed by atoms with E-state index < -0.39 is 0 Å². The lowest BCUT2D eigenvalue weighted by atomic mass is 10.2. The molecule has 0 aliphatic carbocycles. The van der Waals surface area contributed by atoms with Crippen LogP contribution in [0.4, 0.5) is 11.4 Å². The number of anilines is 2. The number of rotatable bonds is 2. The van der Waals surface area contributed by atoms with Crippen molar-refractivity contribution in [3.05, 3.63) is 17.2 Å². The standard InChI is InChI=1S/C7H7ClN2O2/c8-6-5(10-3-11)2-1-4(9)7(6)12/h1-3,12H,9H2,(H,10,11). The number of hydrogen-bond acceptors (Lipinski definition) is 3. The van der Waals surface area contributed by atoms with E-state index in [1.165, 1.54) is 12.1 Å². The molecule has 0 spiro atoms. The molecule has 4 nitrogen and oxygen atoms in total. The van der Waals surface area contributed by atoms with Gasteiger partial charge in [-0.15, -0.1) is 0 Å². The molecule has 0 atom stereocenters. The molecule has 0 radical (unpaired) electrons. The van der Waals surface area contributed by atoms with E-state index in [4.69, 9.17) is 17.3 Å². The van der Waals surface area contributed by atoms with Crippen molar-refractivity contribution in [3.8, 4) is 5.75 Å². The van der Waals surface area contributed by atoms with Crippen LogP contribution in [0.1, 0.15) is 0 Å². The first-order chi connectivity index (χ1) is 5.66. The van der Waals surface area contributed by atoms with Gasteiger partial charge in [0.2, 0.25) is 6.41 Å². The van der Waals surface area contributed by atoms with E-state index in [1.54, 1.807) is 0 Å². The number of aromatic hydroxyl groups is 1. The SMILES string of the molecule is Nc1ccc(NC=O)c(Cl)c1O. The van der Waals surface area contributed by atoms with Crippen LogP contribution in [0, 0.1) is 0 Å². The predicted octanol–water partition coefficient (Wildman–Crippen LogP) is 1.20. The minimum Gasteiger partial charge on any atom is -0.504 e. The van der Waals surface area contributed by atoms with Gasteiger partial charge in [-0.3, -0.25) is 4.79 Å². The van der Waals surface area contributed by atoms with E-state index in [1.807, 2.05) is 0 Å². The zero-order valence-corrected chi connectivity index (χ0v) is 6.80. The molecule has 0 aliphatic heterocycles. The summed E-state index contributed by atoms with van der Waals surface area (Å²) >= 11 is 5.63. The molecule has 5 heteroatoms. The molecular weight excluding hydrogens is 180 g/mol. The van der Waals surface area contributed by atoms with Crippen LogP contribution in [0.5, 0.6) is 5.75 Å². The van der Waals surface area contributed by atoms with Gasteiger partial charge < -0.3 is 16.2 Å². The topological polar surface area (TPSA) is 75.3 Å². The van der Waals surface area contributed by atoms with Crippen molar-refractivity contribution < 1.29 is 9.90 Å². The number of hydrogen-bond donors (Lipinski definition) is 3. The molecule has 0 heterocycles. The number of nitrogens with two attached hydrogens (primary N) is 1. The summed E-state index contributed by atoms with van der Waals surface area (Å²) in [6.07, 6.45) is 0.469. The fourth-order valence-electron chi connectivity index (χ4n) is 0.754. The molecule has 1 amide bonds. The van der Waals surface area contributed by atoms with Gasteiger partial charge in [0.25, 0.3) is 0 Å². The minimum absolute atomic E-state index is 0.0436. The molecule has 0 unspecified atom stereocenters. The van der Waals surface area contributed by atoms with Crippen LogP contribution < -0.4 is 11.1 Å². The molecule has 64 valence electrons. The number of carbonyl (C=O) groups is 1. The Balaban J connectivity index is 3.16. The Bertz CT molecular complexity index is 315. The van der Waals surface area contributed by atoms with E-state index in [2.05, 4.69) is 5.32 Å². The van der Waals surface area contributed by atoms with Gasteiger partial charge in [-0.2, -0.15) is 0 Å². The Labute approximate surface area is 73.9 Å². The fraction of sp³-hybridized carbons (Fsp3) is 0. The Morgan fingerprint density at radius 1 is 1.58 bits per heavy atom. The molecule has 0 aliphatic rings. The highest BCUT2D eigenvalue weighted by molar-refractivity contribution is 6.35. The summed E-state index contributed by atoms with van der Waals surface area (Å²) in [5.41, 5.74) is 5.84. The summed E-state index contributed by atoms with van der Waals surface area (Å²) < 4.78 is 0. The quantitative estimate of drug-likeness (QED) is 0.369. The number of nitrogens with one attached hydrogen (secondary N) is 1. The summed E-state index contributed by atoms with van der Waals surface area (Å²) in [7, 11) is 0. The highest BCUT2D eigenvalue weighted by Crippen LogP contribution is 2.35. The van der Waals surface area contributed by atoms with Crippen LogP contribution in [0.3, 0.4) is 0 Å². The largest absolute Gasteiger partial charge is 0.504 e. The Morgan fingerprint density at radius 2 is 2.25 bits per heavy atom. The normalized spacial score (nSPS) is 9.42. The highest BCUT2D eigenvalue weighted by atomic mass is 35.5. The third-order valence-corrected chi connectivity index (χ3v) is 1.74. The van der Waals surface area contributed by atoms with Gasteiger partial charge in [-0.1, -0.05) is 11.6 Å². The van der Waals surface area contributed by atoms with E-state index in [9.17, 15) is 9.90 Å². The summed E-state index contributed by atoms with van der Waals surface area (Å²) in [4.78, 5) is 10.0. The average Bonchev–Trinajstić information content (AvgIpc) is 2.07. The van der Waals surface area contributed by atoms with Crippen molar-refractivity contribution in [1.29, 1.82) is 0 Å². The van der Waals surface area contributed by atoms with Gasteiger partial charge in [0.1, 0.15) is 5.02 Å². The van der Waals surface area contributed by atoms with Crippen LogP contribution >= 0.6 is 11.6 Å². The molecule has 1 aromatic rings. The molecule has 0 aromatic heterocycles. The van der Waals surface area contributed by atoms with Crippen LogP contribution in [-0.4, -0.2) is 11.5 Å². The second kappa shape index (κ2) is 3.32. The van der Waals surface area contributed by atoms with Gasteiger partial charge in [-0.25, -0.2) is 0 Å². The van der Waals surface area contributed by atoms with Crippen LogP contribution in [-0.2, 0) is 4.79 Å². The van der Waals surface area contributed by atoms with Gasteiger partial charge in [0.15, 0.2) is 5.75 Å². The second-order valence-corrected chi connectivity index (χ2v) is 2.51. The zero-order valence-electron chi connectivity index (χ0n) is 6.04. The lowest BCUT2D eigenvalue weighted by Gasteiger charge is -2.05. The monoisotopic (exact) mass is 186 g/mol. The van der Waals surface area contributed by atoms with Gasteiger partial charge in [0.05, 0.1) is 11.4 Å². The molecule has 0 bridgehead atoms. The van der Waals surface area contributed by atoms with Crippen molar-refractivity contribution in [1.82, 2.24) is 0 Å². The molecule has 12 heavy (non-hydrogen) atoms. The Morgan fingerprint density at radius 3 is 2.83 bits per heavy atom. The van der Waals surface area contributed by atoms with E-state index in [-0.39, 0.29) is 16.5 Å². The maximum absolute atomic E-state index is 10.0. The lowest BCUT2D eigenvalue weighted by molar-refractivity contribution is -0.105. The number of nitrogen functional groups attached to an aromatic ring is 1. The van der Waals surface area contributed by atoms with E-state index in [0.717, 1.165) is 0 Å². The van der Waals surface area contributed by atoms with E-state index >= 15 is 0 Å². The Kier molecular flexibility index (Phi) is 2.40. The van der Waals surface area contributed by atoms with Crippen molar-refractivity contribution in [2.75, 3.05) is 11.1 Å². The summed E-state index contributed by atoms with van der Waals surface area (Å²) in [5.74, 6) is -0.219. The third-order valence-electron chi connectivity index (χ3n) is 1.36. The van der Waals surface area contributed by atoms with Crippen molar-refractivity contribution >= 4 is 29.4 Å². The summed E-state index contributed by atoms with van der Waals surface area (Å²) in [5, 5.41) is 11.6. The number of amides is 1. The average molecular weight is 187 g/mol. The smallest absolute Gasteiger partial charge is 0.211 e. The van der Waals surface area contributed by atoms with Crippen LogP contribution in [0.2, 0.25) is 5.02 Å². The van der Waals surface area contributed by atoms with Crippen molar-refractivity contribution in [2.45, 2.75) is 0 Å². The molecule has 0 fully saturated rings. The van der Waals surface area contributed by atoms with E-state index in [0.29, 0.717) is 12.1 Å². The zero-order chi connectivity index (χ0) is 9.14. The van der Waals surface area contributed by atoms with Crippen LogP contribution in [0.25, 0.3) is 0 Å². The second-order valence-electron chi connectivity index (χ2n) is 2.13. The Hall–Kier alpha value is -1.42. The molecule has 1 rings (SSSR count). The van der Waals surface area contributed by atoms with Gasteiger partial charge >= 0.3 is 0 Å². The first-order valence-corrected chi connectivity index (χ1v) is 3.51. The predicted molar refractivity (Wildman–Crippen MR) is 47.2 cm³/mol. The number of benzene rings is 1. The lowest BCUT2D eigenvalue weighted by Crippen LogP contribution is -1.96. The first-order valence-electron chi connectivity index (χ1n) is 3.14. The minimum atomic E-state index is -0.219. The number of phenols is 1. The van der Waals surface area contributed by atoms with Crippen molar-refractivity contribution in [3.63, 3.8) is 0 Å². The molecule has 4 N–H and O–H groups in total. The fourth-order valence-corrected chi connectivity index (χ4v) is 0.981. The highest BCUT2D eigenvalue weighted by Gasteiger charge is 2.07. The first kappa shape index (κ1) is 8.67. The number of carbonyl (C=O) groups excluding carboxylic acids is 1. The maximum Gasteiger partial charge on any atom is 0.211 e. The molecule has 1 aromatic carbocycles. The number of phenolic OH excluding ortho intramolecular Hbond substituents is 1. The van der Waals surface area contributed by atoms with Crippen molar-refractivity contribution in [2.24, 2.45) is 0 Å². The van der Waals surface area contributed by atoms with Gasteiger partial charge in [-0.05, 0) is 12.1 Å². The maximum atomic E-state index is 10.0. The molecule has 0 saturated heterocycles. The van der Waals surface area contributed by atoms with Gasteiger partial charge in [0, 0.05) is 0 Å². The van der Waals surface area contributed by atoms with Crippen LogP contribution in [0.15, 0.2) is 12.1 Å². The summed E-state index contributed by atoms with van der Waals surface area (Å²) in [6, 6.07) is 2.96. The third kappa shape index (κ3) is 1.43. The number of halogens is 1. The molecular formula is C7H7ClN2O2. The summed E-state index contributed by atoms with van der Waals surface area (Å²) in [6.45, 7) is 0. The molecule has 0 saturated carbocycles.